The number of rotatable bonds is 5. The molecule has 1 atom stereocenters. The van der Waals surface area contributed by atoms with Gasteiger partial charge in [-0.15, -0.1) is 0 Å². The lowest BCUT2D eigenvalue weighted by Gasteiger charge is -2.28. The summed E-state index contributed by atoms with van der Waals surface area (Å²) in [5, 5.41) is 0. The smallest absolute Gasteiger partial charge is 0.414 e. The molecule has 1 amide bonds. The van der Waals surface area contributed by atoms with Crippen molar-refractivity contribution in [2.24, 2.45) is 0 Å². The Kier molecular flexibility index (Phi) is 3.81. The number of furan rings is 1. The zero-order chi connectivity index (χ0) is 13.9. The molecule has 0 spiro atoms. The van der Waals surface area contributed by atoms with Crippen LogP contribution in [-0.4, -0.2) is 23.6 Å². The van der Waals surface area contributed by atoms with Crippen LogP contribution in [0.3, 0.4) is 0 Å². The van der Waals surface area contributed by atoms with Crippen LogP contribution in [0.4, 0.5) is 4.79 Å². The van der Waals surface area contributed by atoms with Gasteiger partial charge in [-0.3, -0.25) is 4.90 Å². The van der Waals surface area contributed by atoms with Crippen LogP contribution in [0, 0.1) is 0 Å². The van der Waals surface area contributed by atoms with E-state index in [0.717, 1.165) is 55.7 Å². The highest BCUT2D eigenvalue weighted by atomic mass is 16.6. The lowest BCUT2D eigenvalue weighted by atomic mass is 10.0. The lowest BCUT2D eigenvalue weighted by Crippen LogP contribution is -2.35. The van der Waals surface area contributed by atoms with Crippen LogP contribution in [-0.2, 0) is 17.6 Å². The van der Waals surface area contributed by atoms with Crippen LogP contribution < -0.4 is 0 Å². The Labute approximate surface area is 119 Å². The monoisotopic (exact) mass is 275 g/mol. The highest BCUT2D eigenvalue weighted by Gasteiger charge is 2.36. The van der Waals surface area contributed by atoms with E-state index in [9.17, 15) is 4.79 Å². The Morgan fingerprint density at radius 3 is 2.95 bits per heavy atom. The molecule has 3 heterocycles. The van der Waals surface area contributed by atoms with Gasteiger partial charge in [0.2, 0.25) is 0 Å². The molecule has 2 aliphatic heterocycles. The number of allylic oxidation sites excluding steroid dienone is 2. The van der Waals surface area contributed by atoms with Crippen molar-refractivity contribution >= 4 is 6.09 Å². The first-order chi connectivity index (χ1) is 9.78. The van der Waals surface area contributed by atoms with E-state index in [4.69, 9.17) is 9.15 Å². The van der Waals surface area contributed by atoms with Gasteiger partial charge in [0, 0.05) is 18.5 Å². The maximum absolute atomic E-state index is 11.7. The molecule has 20 heavy (non-hydrogen) atoms. The van der Waals surface area contributed by atoms with Crippen molar-refractivity contribution in [1.29, 1.82) is 0 Å². The summed E-state index contributed by atoms with van der Waals surface area (Å²) < 4.78 is 10.8. The van der Waals surface area contributed by atoms with E-state index in [0.29, 0.717) is 6.61 Å². The summed E-state index contributed by atoms with van der Waals surface area (Å²) in [7, 11) is 0. The van der Waals surface area contributed by atoms with Gasteiger partial charge < -0.3 is 9.15 Å². The number of ether oxygens (including phenoxy) is 1. The van der Waals surface area contributed by atoms with Gasteiger partial charge in [0.1, 0.15) is 18.1 Å². The van der Waals surface area contributed by atoms with Crippen LogP contribution >= 0.6 is 0 Å². The first kappa shape index (κ1) is 13.3. The zero-order valence-corrected chi connectivity index (χ0v) is 11.9. The third-order valence-corrected chi connectivity index (χ3v) is 4.07. The van der Waals surface area contributed by atoms with Gasteiger partial charge >= 0.3 is 6.09 Å². The standard InChI is InChI=1S/C16H21NO3/c1-2-14-9-10-15(20-14)8-4-6-12-5-3-7-13-11-19-16(18)17(12)13/h5,9-10,13H,2-4,6-8,11H2,1H3/t13-/m1/s1. The summed E-state index contributed by atoms with van der Waals surface area (Å²) in [6.45, 7) is 2.64. The number of fused-ring (bicyclic) bond motifs is 1. The molecule has 0 saturated carbocycles. The third kappa shape index (κ3) is 2.60. The van der Waals surface area contributed by atoms with Crippen LogP contribution in [0.2, 0.25) is 0 Å². The van der Waals surface area contributed by atoms with Gasteiger partial charge in [0.05, 0.1) is 6.04 Å². The van der Waals surface area contributed by atoms with E-state index in [1.54, 1.807) is 0 Å². The Hall–Kier alpha value is -1.71. The van der Waals surface area contributed by atoms with Gasteiger partial charge in [-0.1, -0.05) is 13.0 Å². The Balaban J connectivity index is 1.55. The van der Waals surface area contributed by atoms with Crippen LogP contribution in [0.15, 0.2) is 28.3 Å². The van der Waals surface area contributed by atoms with E-state index in [-0.39, 0.29) is 12.1 Å². The number of hydrogen-bond acceptors (Lipinski definition) is 3. The van der Waals surface area contributed by atoms with Gasteiger partial charge in [-0.2, -0.15) is 0 Å². The fourth-order valence-corrected chi connectivity index (χ4v) is 2.98. The highest BCUT2D eigenvalue weighted by molar-refractivity contribution is 5.72. The summed E-state index contributed by atoms with van der Waals surface area (Å²) in [5.74, 6) is 2.08. The number of nitrogens with zero attached hydrogens (tertiary/aromatic N) is 1. The molecule has 2 aliphatic rings. The summed E-state index contributed by atoms with van der Waals surface area (Å²) >= 11 is 0. The van der Waals surface area contributed by atoms with E-state index < -0.39 is 0 Å². The Morgan fingerprint density at radius 1 is 1.30 bits per heavy atom. The van der Waals surface area contributed by atoms with E-state index in [2.05, 4.69) is 19.1 Å². The number of aryl methyl sites for hydroxylation is 2. The van der Waals surface area contributed by atoms with Crippen LogP contribution in [0.1, 0.15) is 44.1 Å². The Bertz CT molecular complexity index is 518. The minimum Gasteiger partial charge on any atom is -0.466 e. The molecule has 0 unspecified atom stereocenters. The number of carbonyl (C=O) groups is 1. The predicted molar refractivity (Wildman–Crippen MR) is 75.3 cm³/mol. The maximum atomic E-state index is 11.7. The summed E-state index contributed by atoms with van der Waals surface area (Å²) in [5.41, 5.74) is 1.13. The van der Waals surface area contributed by atoms with E-state index in [1.165, 1.54) is 0 Å². The molecular formula is C16H21NO3. The quantitative estimate of drug-likeness (QED) is 0.823. The van der Waals surface area contributed by atoms with Crippen molar-refractivity contribution in [1.82, 2.24) is 4.90 Å². The molecule has 4 nitrogen and oxygen atoms in total. The second kappa shape index (κ2) is 5.73. The average Bonchev–Trinajstić information content (AvgIpc) is 3.07. The number of cyclic esters (lactones) is 1. The molecule has 1 fully saturated rings. The summed E-state index contributed by atoms with van der Waals surface area (Å²) in [6.07, 6.45) is 7.85. The number of amides is 1. The van der Waals surface area contributed by atoms with E-state index >= 15 is 0 Å². The minimum atomic E-state index is -0.174. The number of hydrogen-bond donors (Lipinski definition) is 0. The fourth-order valence-electron chi connectivity index (χ4n) is 2.98. The molecule has 108 valence electrons. The lowest BCUT2D eigenvalue weighted by molar-refractivity contribution is 0.163. The third-order valence-electron chi connectivity index (χ3n) is 4.07. The van der Waals surface area contributed by atoms with Gasteiger partial charge in [0.25, 0.3) is 0 Å². The molecule has 0 radical (unpaired) electrons. The second-order valence-corrected chi connectivity index (χ2v) is 5.45. The van der Waals surface area contributed by atoms with Crippen molar-refractivity contribution in [2.45, 2.75) is 51.5 Å². The van der Waals surface area contributed by atoms with Gasteiger partial charge in [-0.25, -0.2) is 4.79 Å². The maximum Gasteiger partial charge on any atom is 0.414 e. The molecular weight excluding hydrogens is 254 g/mol. The fraction of sp³-hybridized carbons (Fsp3) is 0.562. The van der Waals surface area contributed by atoms with Crippen molar-refractivity contribution < 1.29 is 13.9 Å². The van der Waals surface area contributed by atoms with Crippen molar-refractivity contribution in [3.63, 3.8) is 0 Å². The highest BCUT2D eigenvalue weighted by Crippen LogP contribution is 2.30. The number of carbonyl (C=O) groups excluding carboxylic acids is 1. The molecule has 1 saturated heterocycles. The largest absolute Gasteiger partial charge is 0.466 e. The predicted octanol–water partition coefficient (Wildman–Crippen LogP) is 3.66. The van der Waals surface area contributed by atoms with Gasteiger partial charge in [0.15, 0.2) is 0 Å². The normalized spacial score (nSPS) is 21.6. The Morgan fingerprint density at radius 2 is 2.15 bits per heavy atom. The zero-order valence-electron chi connectivity index (χ0n) is 11.9. The summed E-state index contributed by atoms with van der Waals surface area (Å²) in [6, 6.07) is 4.36. The molecule has 1 aromatic heterocycles. The van der Waals surface area contributed by atoms with Gasteiger partial charge in [-0.05, 0) is 37.8 Å². The first-order valence-electron chi connectivity index (χ1n) is 7.50. The SMILES string of the molecule is CCc1ccc(CCCC2=CCC[C@@H]3COC(=O)N23)o1. The minimum absolute atomic E-state index is 0.174. The molecule has 3 rings (SSSR count). The van der Waals surface area contributed by atoms with Crippen molar-refractivity contribution in [2.75, 3.05) is 6.61 Å². The molecule has 4 heteroatoms. The van der Waals surface area contributed by atoms with Crippen molar-refractivity contribution in [3.8, 4) is 0 Å². The average molecular weight is 275 g/mol. The first-order valence-corrected chi connectivity index (χ1v) is 7.50. The molecule has 0 aromatic carbocycles. The van der Waals surface area contributed by atoms with E-state index in [1.807, 2.05) is 11.0 Å². The summed E-state index contributed by atoms with van der Waals surface area (Å²) in [4.78, 5) is 13.6. The second-order valence-electron chi connectivity index (χ2n) is 5.45. The molecule has 0 N–H and O–H groups in total. The molecule has 0 bridgehead atoms. The van der Waals surface area contributed by atoms with Crippen LogP contribution in [0.25, 0.3) is 0 Å². The van der Waals surface area contributed by atoms with Crippen LogP contribution in [0.5, 0.6) is 0 Å². The molecule has 0 aliphatic carbocycles. The molecule has 1 aromatic rings. The van der Waals surface area contributed by atoms with Crippen molar-refractivity contribution in [3.05, 3.63) is 35.4 Å². The topological polar surface area (TPSA) is 42.7 Å².